The van der Waals surface area contributed by atoms with Gasteiger partial charge in [0, 0.05) is 24.2 Å². The number of carbonyl (C=O) groups is 1. The van der Waals surface area contributed by atoms with Crippen molar-refractivity contribution in [2.24, 2.45) is 0 Å². The quantitative estimate of drug-likeness (QED) is 0.842. The van der Waals surface area contributed by atoms with Crippen molar-refractivity contribution in [3.63, 3.8) is 0 Å². The number of carbonyl (C=O) groups excluding carboxylic acids is 1. The molecular formula is C15H18N2O3. The van der Waals surface area contributed by atoms with Crippen molar-refractivity contribution in [1.29, 1.82) is 0 Å². The van der Waals surface area contributed by atoms with Crippen LogP contribution in [0.25, 0.3) is 11.0 Å². The first-order valence-corrected chi connectivity index (χ1v) is 6.91. The Morgan fingerprint density at radius 1 is 1.35 bits per heavy atom. The molecule has 1 aromatic heterocycles. The third-order valence-electron chi connectivity index (χ3n) is 3.53. The monoisotopic (exact) mass is 274 g/mol. The van der Waals surface area contributed by atoms with Gasteiger partial charge in [-0.2, -0.15) is 0 Å². The lowest BCUT2D eigenvalue weighted by Gasteiger charge is -2.22. The second-order valence-electron chi connectivity index (χ2n) is 5.11. The number of hydrogen-bond acceptors (Lipinski definition) is 4. The second kappa shape index (κ2) is 5.54. The number of amides is 1. The molecule has 20 heavy (non-hydrogen) atoms. The first kappa shape index (κ1) is 13.0. The summed E-state index contributed by atoms with van der Waals surface area (Å²) >= 11 is 0. The lowest BCUT2D eigenvalue weighted by Crippen LogP contribution is -2.35. The van der Waals surface area contributed by atoms with Crippen molar-refractivity contribution in [2.45, 2.75) is 25.4 Å². The standard InChI is InChI=1S/C15H18N2O3/c16-11-4-5-13-10(7-11)8-14(20-13)15(18)17-9-12-3-1-2-6-19-12/h4-5,7-8,12H,1-3,6,9,16H2,(H,17,18). The van der Waals surface area contributed by atoms with Crippen molar-refractivity contribution >= 4 is 22.6 Å². The topological polar surface area (TPSA) is 77.5 Å². The lowest BCUT2D eigenvalue weighted by atomic mass is 10.1. The smallest absolute Gasteiger partial charge is 0.287 e. The Balaban J connectivity index is 1.65. The molecular weight excluding hydrogens is 256 g/mol. The van der Waals surface area contributed by atoms with E-state index in [2.05, 4.69) is 5.32 Å². The number of ether oxygens (including phenoxy) is 1. The number of nitrogens with two attached hydrogens (primary N) is 1. The number of anilines is 1. The van der Waals surface area contributed by atoms with Gasteiger partial charge in [-0.1, -0.05) is 0 Å². The summed E-state index contributed by atoms with van der Waals surface area (Å²) in [6.07, 6.45) is 3.38. The van der Waals surface area contributed by atoms with E-state index in [1.807, 2.05) is 0 Å². The minimum absolute atomic E-state index is 0.118. The average molecular weight is 274 g/mol. The van der Waals surface area contributed by atoms with Crippen LogP contribution < -0.4 is 11.1 Å². The fourth-order valence-corrected chi connectivity index (χ4v) is 2.44. The summed E-state index contributed by atoms with van der Waals surface area (Å²) < 4.78 is 11.1. The summed E-state index contributed by atoms with van der Waals surface area (Å²) in [6, 6.07) is 7.03. The molecule has 1 fully saturated rings. The number of nitrogens with one attached hydrogen (secondary N) is 1. The Morgan fingerprint density at radius 2 is 2.25 bits per heavy atom. The molecule has 2 aromatic rings. The molecule has 1 amide bonds. The zero-order chi connectivity index (χ0) is 13.9. The van der Waals surface area contributed by atoms with E-state index in [0.717, 1.165) is 31.3 Å². The third-order valence-corrected chi connectivity index (χ3v) is 3.53. The van der Waals surface area contributed by atoms with Gasteiger partial charge in [0.2, 0.25) is 0 Å². The Bertz CT molecular complexity index is 615. The van der Waals surface area contributed by atoms with Crippen molar-refractivity contribution in [1.82, 2.24) is 5.32 Å². The molecule has 0 radical (unpaired) electrons. The van der Waals surface area contributed by atoms with Crippen LogP contribution in [0.3, 0.4) is 0 Å². The van der Waals surface area contributed by atoms with E-state index in [1.54, 1.807) is 24.3 Å². The number of hydrogen-bond donors (Lipinski definition) is 2. The number of nitrogen functional groups attached to an aromatic ring is 1. The van der Waals surface area contributed by atoms with E-state index in [0.29, 0.717) is 23.6 Å². The number of fused-ring (bicyclic) bond motifs is 1. The molecule has 3 rings (SSSR count). The molecule has 0 spiro atoms. The highest BCUT2D eigenvalue weighted by atomic mass is 16.5. The highest BCUT2D eigenvalue weighted by Gasteiger charge is 2.17. The minimum atomic E-state index is -0.214. The van der Waals surface area contributed by atoms with E-state index >= 15 is 0 Å². The molecule has 1 aliphatic rings. The SMILES string of the molecule is Nc1ccc2oc(C(=O)NCC3CCCCO3)cc2c1. The van der Waals surface area contributed by atoms with Gasteiger partial charge in [-0.3, -0.25) is 4.79 Å². The Labute approximate surface area is 117 Å². The zero-order valence-corrected chi connectivity index (χ0v) is 11.2. The van der Waals surface area contributed by atoms with Crippen LogP contribution in [0.5, 0.6) is 0 Å². The van der Waals surface area contributed by atoms with Gasteiger partial charge >= 0.3 is 0 Å². The van der Waals surface area contributed by atoms with Gasteiger partial charge in [-0.15, -0.1) is 0 Å². The van der Waals surface area contributed by atoms with Crippen molar-refractivity contribution in [3.05, 3.63) is 30.0 Å². The molecule has 1 unspecified atom stereocenters. The second-order valence-corrected chi connectivity index (χ2v) is 5.11. The van der Waals surface area contributed by atoms with Gasteiger partial charge in [0.15, 0.2) is 5.76 Å². The molecule has 2 heterocycles. The van der Waals surface area contributed by atoms with Crippen molar-refractivity contribution in [2.75, 3.05) is 18.9 Å². The van der Waals surface area contributed by atoms with Gasteiger partial charge in [0.25, 0.3) is 5.91 Å². The van der Waals surface area contributed by atoms with E-state index < -0.39 is 0 Å². The molecule has 0 bridgehead atoms. The third kappa shape index (κ3) is 2.77. The zero-order valence-electron chi connectivity index (χ0n) is 11.2. The maximum absolute atomic E-state index is 12.1. The number of benzene rings is 1. The fourth-order valence-electron chi connectivity index (χ4n) is 2.44. The highest BCUT2D eigenvalue weighted by Crippen LogP contribution is 2.21. The average Bonchev–Trinajstić information content (AvgIpc) is 2.89. The molecule has 1 saturated heterocycles. The van der Waals surface area contributed by atoms with Crippen LogP contribution in [-0.4, -0.2) is 25.2 Å². The van der Waals surface area contributed by atoms with Crippen LogP contribution in [0.1, 0.15) is 29.8 Å². The van der Waals surface area contributed by atoms with E-state index in [-0.39, 0.29) is 12.0 Å². The molecule has 106 valence electrons. The Kier molecular flexibility index (Phi) is 3.60. The molecule has 0 aliphatic carbocycles. The van der Waals surface area contributed by atoms with Crippen LogP contribution in [0.15, 0.2) is 28.7 Å². The Hall–Kier alpha value is -2.01. The van der Waals surface area contributed by atoms with Crippen molar-refractivity contribution < 1.29 is 13.9 Å². The van der Waals surface area contributed by atoms with Gasteiger partial charge < -0.3 is 20.2 Å². The molecule has 5 heteroatoms. The number of rotatable bonds is 3. The van der Waals surface area contributed by atoms with E-state index in [9.17, 15) is 4.79 Å². The summed E-state index contributed by atoms with van der Waals surface area (Å²) in [7, 11) is 0. The van der Waals surface area contributed by atoms with Gasteiger partial charge in [0.1, 0.15) is 5.58 Å². The van der Waals surface area contributed by atoms with Gasteiger partial charge in [-0.05, 0) is 43.5 Å². The minimum Gasteiger partial charge on any atom is -0.451 e. The molecule has 0 saturated carbocycles. The van der Waals surface area contributed by atoms with Gasteiger partial charge in [0.05, 0.1) is 6.10 Å². The molecule has 1 aliphatic heterocycles. The summed E-state index contributed by atoms with van der Waals surface area (Å²) in [4.78, 5) is 12.1. The maximum Gasteiger partial charge on any atom is 0.287 e. The first-order chi connectivity index (χ1) is 9.72. The predicted molar refractivity (Wildman–Crippen MR) is 76.6 cm³/mol. The van der Waals surface area contributed by atoms with E-state index in [4.69, 9.17) is 14.9 Å². The van der Waals surface area contributed by atoms with Crippen molar-refractivity contribution in [3.8, 4) is 0 Å². The predicted octanol–water partition coefficient (Wildman–Crippen LogP) is 2.31. The molecule has 1 aromatic carbocycles. The normalized spacial score (nSPS) is 19.1. The van der Waals surface area contributed by atoms with Crippen LogP contribution in [0, 0.1) is 0 Å². The molecule has 5 nitrogen and oxygen atoms in total. The summed E-state index contributed by atoms with van der Waals surface area (Å²) in [5, 5.41) is 3.69. The molecule has 3 N–H and O–H groups in total. The summed E-state index contributed by atoms with van der Waals surface area (Å²) in [6.45, 7) is 1.31. The van der Waals surface area contributed by atoms with Crippen LogP contribution in [-0.2, 0) is 4.74 Å². The Morgan fingerprint density at radius 3 is 3.05 bits per heavy atom. The first-order valence-electron chi connectivity index (χ1n) is 6.91. The largest absolute Gasteiger partial charge is 0.451 e. The maximum atomic E-state index is 12.1. The fraction of sp³-hybridized carbons (Fsp3) is 0.400. The van der Waals surface area contributed by atoms with E-state index in [1.165, 1.54) is 0 Å². The summed E-state index contributed by atoms with van der Waals surface area (Å²) in [5.41, 5.74) is 7.03. The van der Waals surface area contributed by atoms with Gasteiger partial charge in [-0.25, -0.2) is 0 Å². The van der Waals surface area contributed by atoms with Crippen LogP contribution >= 0.6 is 0 Å². The number of furan rings is 1. The molecule has 1 atom stereocenters. The van der Waals surface area contributed by atoms with Crippen LogP contribution in [0.4, 0.5) is 5.69 Å². The summed E-state index contributed by atoms with van der Waals surface area (Å²) in [5.74, 6) is 0.0929. The van der Waals surface area contributed by atoms with Crippen LogP contribution in [0.2, 0.25) is 0 Å². The highest BCUT2D eigenvalue weighted by molar-refractivity contribution is 5.96. The lowest BCUT2D eigenvalue weighted by molar-refractivity contribution is 0.0167.